The molecule has 144 valence electrons. The first kappa shape index (κ1) is 20.9. The number of amidine groups is 1. The van der Waals surface area contributed by atoms with E-state index >= 15 is 0 Å². The zero-order chi connectivity index (χ0) is 20.0. The zero-order valence-corrected chi connectivity index (χ0v) is 17.1. The molecule has 1 aromatic rings. The summed E-state index contributed by atoms with van der Waals surface area (Å²) in [6.07, 6.45) is 9.03. The van der Waals surface area contributed by atoms with E-state index in [9.17, 15) is 0 Å². The van der Waals surface area contributed by atoms with E-state index in [0.717, 1.165) is 34.7 Å². The Balaban J connectivity index is 0.00000126. The minimum atomic E-state index is 0.177. The molecular formula is C20H28N6S. The first-order valence-corrected chi connectivity index (χ1v) is 9.59. The summed E-state index contributed by atoms with van der Waals surface area (Å²) in [6, 6.07) is 0. The Bertz CT molecular complexity index is 809. The molecule has 0 aliphatic carbocycles. The molecule has 2 aliphatic rings. The van der Waals surface area contributed by atoms with Gasteiger partial charge in [-0.1, -0.05) is 51.3 Å². The van der Waals surface area contributed by atoms with Gasteiger partial charge in [0.25, 0.3) is 0 Å². The van der Waals surface area contributed by atoms with Crippen molar-refractivity contribution in [1.29, 1.82) is 0 Å². The number of nitrogens with two attached hydrogens (primary N) is 1. The third kappa shape index (κ3) is 4.87. The first-order valence-electron chi connectivity index (χ1n) is 9.08. The fourth-order valence-corrected chi connectivity index (χ4v) is 3.28. The second-order valence-corrected chi connectivity index (χ2v) is 6.84. The van der Waals surface area contributed by atoms with E-state index in [2.05, 4.69) is 46.3 Å². The van der Waals surface area contributed by atoms with Gasteiger partial charge in [0, 0.05) is 35.0 Å². The molecule has 2 aliphatic heterocycles. The van der Waals surface area contributed by atoms with E-state index in [1.807, 2.05) is 39.0 Å². The number of nitrogens with zero attached hydrogens (tertiary/aromatic N) is 4. The van der Waals surface area contributed by atoms with E-state index in [1.54, 1.807) is 11.1 Å². The van der Waals surface area contributed by atoms with Crippen LogP contribution < -0.4 is 16.2 Å². The SMILES string of the molecule is C=C/C=C\C=C1\CC(=Nc2nnc3c(c2C)CC(S)CN3N)NC1=C.CC. The zero-order valence-electron chi connectivity index (χ0n) is 16.2. The van der Waals surface area contributed by atoms with Crippen LogP contribution in [0.3, 0.4) is 0 Å². The molecule has 1 saturated heterocycles. The van der Waals surface area contributed by atoms with Crippen molar-refractivity contribution in [2.75, 3.05) is 11.6 Å². The van der Waals surface area contributed by atoms with Gasteiger partial charge in [0.1, 0.15) is 5.84 Å². The molecule has 0 radical (unpaired) electrons. The van der Waals surface area contributed by atoms with E-state index in [-0.39, 0.29) is 5.25 Å². The molecule has 27 heavy (non-hydrogen) atoms. The van der Waals surface area contributed by atoms with Gasteiger partial charge in [0.05, 0.1) is 0 Å². The summed E-state index contributed by atoms with van der Waals surface area (Å²) in [6.45, 7) is 14.3. The van der Waals surface area contributed by atoms with Crippen molar-refractivity contribution in [1.82, 2.24) is 15.5 Å². The quantitative estimate of drug-likeness (QED) is 0.422. The lowest BCUT2D eigenvalue weighted by Crippen LogP contribution is -2.42. The van der Waals surface area contributed by atoms with Crippen LogP contribution in [-0.4, -0.2) is 27.8 Å². The van der Waals surface area contributed by atoms with Crippen LogP contribution in [0.25, 0.3) is 0 Å². The molecular weight excluding hydrogens is 356 g/mol. The Morgan fingerprint density at radius 3 is 2.78 bits per heavy atom. The molecule has 6 nitrogen and oxygen atoms in total. The summed E-state index contributed by atoms with van der Waals surface area (Å²) < 4.78 is 0. The molecule has 3 N–H and O–H groups in total. The predicted molar refractivity (Wildman–Crippen MR) is 118 cm³/mol. The molecule has 3 heterocycles. The van der Waals surface area contributed by atoms with Crippen LogP contribution in [0.15, 0.2) is 53.7 Å². The largest absolute Gasteiger partial charge is 0.344 e. The number of anilines is 1. The van der Waals surface area contributed by atoms with Crippen LogP contribution in [-0.2, 0) is 6.42 Å². The predicted octanol–water partition coefficient (Wildman–Crippen LogP) is 3.55. The van der Waals surface area contributed by atoms with Crippen LogP contribution in [0.4, 0.5) is 11.6 Å². The second kappa shape index (κ2) is 9.53. The van der Waals surface area contributed by atoms with Gasteiger partial charge >= 0.3 is 0 Å². The van der Waals surface area contributed by atoms with Crippen LogP contribution in [0.1, 0.15) is 31.4 Å². The van der Waals surface area contributed by atoms with Gasteiger partial charge in [0.15, 0.2) is 11.6 Å². The van der Waals surface area contributed by atoms with Crippen molar-refractivity contribution in [3.8, 4) is 0 Å². The Morgan fingerprint density at radius 1 is 1.33 bits per heavy atom. The molecule has 1 unspecified atom stereocenters. The molecule has 0 amide bonds. The summed E-state index contributed by atoms with van der Waals surface area (Å²) in [7, 11) is 0. The van der Waals surface area contributed by atoms with E-state index in [4.69, 9.17) is 5.84 Å². The topological polar surface area (TPSA) is 79.4 Å². The van der Waals surface area contributed by atoms with Crippen LogP contribution in [0.5, 0.6) is 0 Å². The molecule has 0 bridgehead atoms. The molecule has 1 fully saturated rings. The fraction of sp³-hybridized carbons (Fsp3) is 0.350. The van der Waals surface area contributed by atoms with Gasteiger partial charge in [0.2, 0.25) is 0 Å². The fourth-order valence-electron chi connectivity index (χ4n) is 2.92. The van der Waals surface area contributed by atoms with Crippen molar-refractivity contribution in [3.63, 3.8) is 0 Å². The smallest absolute Gasteiger partial charge is 0.179 e. The molecule has 0 aromatic carbocycles. The van der Waals surface area contributed by atoms with Gasteiger partial charge in [-0.3, -0.25) is 5.01 Å². The number of hydrogen-bond donors (Lipinski definition) is 3. The maximum absolute atomic E-state index is 6.01. The second-order valence-electron chi connectivity index (χ2n) is 6.11. The van der Waals surface area contributed by atoms with Gasteiger partial charge < -0.3 is 5.32 Å². The van der Waals surface area contributed by atoms with E-state index < -0.39 is 0 Å². The van der Waals surface area contributed by atoms with Gasteiger partial charge in [-0.15, -0.1) is 10.2 Å². The molecule has 1 aromatic heterocycles. The van der Waals surface area contributed by atoms with Crippen LogP contribution in [0.2, 0.25) is 0 Å². The van der Waals surface area contributed by atoms with Gasteiger partial charge in [-0.2, -0.15) is 12.6 Å². The Hall–Kier alpha value is -2.38. The van der Waals surface area contributed by atoms with E-state index in [0.29, 0.717) is 24.6 Å². The highest BCUT2D eigenvalue weighted by Gasteiger charge is 2.26. The lowest BCUT2D eigenvalue weighted by molar-refractivity contribution is 0.700. The number of rotatable bonds is 3. The minimum Gasteiger partial charge on any atom is -0.344 e. The van der Waals surface area contributed by atoms with Crippen LogP contribution in [0, 0.1) is 6.92 Å². The van der Waals surface area contributed by atoms with Crippen LogP contribution >= 0.6 is 12.6 Å². The van der Waals surface area contributed by atoms with Gasteiger partial charge in [-0.05, 0) is 18.9 Å². The number of hydrazine groups is 1. The lowest BCUT2D eigenvalue weighted by atomic mass is 10.0. The maximum Gasteiger partial charge on any atom is 0.179 e. The Labute approximate surface area is 167 Å². The maximum atomic E-state index is 6.01. The number of aliphatic imine (C=N–C) groups is 1. The van der Waals surface area contributed by atoms with Crippen molar-refractivity contribution in [2.24, 2.45) is 10.8 Å². The normalized spacial score (nSPS) is 21.9. The summed E-state index contributed by atoms with van der Waals surface area (Å²) in [5.41, 5.74) is 3.98. The highest BCUT2D eigenvalue weighted by atomic mass is 32.1. The van der Waals surface area contributed by atoms with E-state index in [1.165, 1.54) is 0 Å². The lowest BCUT2D eigenvalue weighted by Gasteiger charge is -2.29. The molecule has 7 heteroatoms. The summed E-state index contributed by atoms with van der Waals surface area (Å²) in [5, 5.41) is 13.5. The highest BCUT2D eigenvalue weighted by molar-refractivity contribution is 7.81. The number of fused-ring (bicyclic) bond motifs is 1. The molecule has 0 spiro atoms. The standard InChI is InChI=1S/C18H22N6S.C2H6/c1-4-5-6-7-13-8-16(20-12(13)3)21-17-11(2)15-9-14(25)10-24(19)18(15)23-22-17;1-2/h4-7,14,25H,1,3,8-10,19H2,2H3,(H,20,21,22);1-2H3/b6-5-,13-7-;. The third-order valence-corrected chi connectivity index (χ3v) is 4.59. The Morgan fingerprint density at radius 2 is 2.07 bits per heavy atom. The third-order valence-electron chi connectivity index (χ3n) is 4.24. The average molecular weight is 385 g/mol. The number of nitrogens with one attached hydrogen (secondary N) is 1. The molecule has 3 rings (SSSR count). The number of aromatic nitrogens is 2. The van der Waals surface area contributed by atoms with Gasteiger partial charge in [-0.25, -0.2) is 10.8 Å². The summed E-state index contributed by atoms with van der Waals surface area (Å²) in [5.74, 6) is 8.14. The number of allylic oxidation sites excluding steroid dienone is 5. The summed E-state index contributed by atoms with van der Waals surface area (Å²) in [4.78, 5) is 4.65. The summed E-state index contributed by atoms with van der Waals surface area (Å²) >= 11 is 4.56. The molecule has 0 saturated carbocycles. The number of hydrogen-bond acceptors (Lipinski definition) is 6. The van der Waals surface area contributed by atoms with Crippen molar-refractivity contribution in [2.45, 2.75) is 38.9 Å². The van der Waals surface area contributed by atoms with Crippen molar-refractivity contribution in [3.05, 3.63) is 59.9 Å². The molecule has 1 atom stereocenters. The highest BCUT2D eigenvalue weighted by Crippen LogP contribution is 2.31. The minimum absolute atomic E-state index is 0.177. The first-order chi connectivity index (χ1) is 13.0. The monoisotopic (exact) mass is 384 g/mol. The Kier molecular flexibility index (Phi) is 7.38. The number of thiol groups is 1. The van der Waals surface area contributed by atoms with Crippen molar-refractivity contribution < 1.29 is 0 Å². The average Bonchev–Trinajstić information content (AvgIpc) is 2.99. The van der Waals surface area contributed by atoms with Crippen molar-refractivity contribution >= 4 is 30.1 Å².